The molecule has 0 spiro atoms. The van der Waals surface area contributed by atoms with E-state index >= 15 is 0 Å². The summed E-state index contributed by atoms with van der Waals surface area (Å²) in [5.74, 6) is -1.43. The largest absolute Gasteiger partial charge is 0.480 e. The molecule has 0 aliphatic carbocycles. The van der Waals surface area contributed by atoms with E-state index in [1.807, 2.05) is 0 Å². The molecule has 0 bridgehead atoms. The number of carboxylic acid groups (broad SMARTS) is 1. The summed E-state index contributed by atoms with van der Waals surface area (Å²) in [5, 5.41) is 10.9. The van der Waals surface area contributed by atoms with Crippen molar-refractivity contribution in [3.8, 4) is 0 Å². The van der Waals surface area contributed by atoms with Crippen molar-refractivity contribution in [2.75, 3.05) is 0 Å². The number of nitrogens with one attached hydrogen (secondary N) is 1. The molecule has 0 aliphatic heterocycles. The average molecular weight is 238 g/mol. The zero-order valence-electron chi connectivity index (χ0n) is 9.42. The molecule has 92 valence electrons. The molecule has 1 heterocycles. The van der Waals surface area contributed by atoms with Gasteiger partial charge in [0.05, 0.1) is 5.69 Å². The monoisotopic (exact) mass is 238 g/mol. The Kier molecular flexibility index (Phi) is 4.45. The summed E-state index contributed by atoms with van der Waals surface area (Å²) in [6.07, 6.45) is 2.53. The van der Waals surface area contributed by atoms with Crippen LogP contribution in [0.4, 0.5) is 0 Å². The molecule has 1 aromatic rings. The van der Waals surface area contributed by atoms with Crippen molar-refractivity contribution in [2.24, 2.45) is 0 Å². The lowest BCUT2D eigenvalue weighted by molar-refractivity contribution is -0.141. The molecule has 0 saturated carbocycles. The molecule has 1 rings (SSSR count). The van der Waals surface area contributed by atoms with E-state index in [1.54, 1.807) is 22.9 Å². The lowest BCUT2D eigenvalue weighted by atomic mass is 10.3. The summed E-state index contributed by atoms with van der Waals surface area (Å²) in [7, 11) is 0. The fourth-order valence-electron chi connectivity index (χ4n) is 1.34. The SMILES string of the molecule is CC(NC(=O)CCn1cccc1C=O)C(=O)O. The van der Waals surface area contributed by atoms with Crippen LogP contribution in [0, 0.1) is 0 Å². The molecule has 0 radical (unpaired) electrons. The summed E-state index contributed by atoms with van der Waals surface area (Å²) >= 11 is 0. The van der Waals surface area contributed by atoms with Crippen LogP contribution in [0.5, 0.6) is 0 Å². The van der Waals surface area contributed by atoms with Gasteiger partial charge in [0.25, 0.3) is 0 Å². The van der Waals surface area contributed by atoms with Gasteiger partial charge in [-0.3, -0.25) is 14.4 Å². The van der Waals surface area contributed by atoms with Gasteiger partial charge in [-0.15, -0.1) is 0 Å². The first-order chi connectivity index (χ1) is 8.04. The molecule has 0 fully saturated rings. The minimum absolute atomic E-state index is 0.132. The zero-order chi connectivity index (χ0) is 12.8. The Morgan fingerprint density at radius 1 is 1.59 bits per heavy atom. The summed E-state index contributed by atoms with van der Waals surface area (Å²) in [5.41, 5.74) is 0.490. The van der Waals surface area contributed by atoms with Crippen LogP contribution in [-0.4, -0.2) is 33.9 Å². The lowest BCUT2D eigenvalue weighted by Crippen LogP contribution is -2.38. The van der Waals surface area contributed by atoms with Crippen molar-refractivity contribution in [1.29, 1.82) is 0 Å². The highest BCUT2D eigenvalue weighted by atomic mass is 16.4. The normalized spacial score (nSPS) is 11.8. The smallest absolute Gasteiger partial charge is 0.325 e. The van der Waals surface area contributed by atoms with Crippen LogP contribution in [0.15, 0.2) is 18.3 Å². The van der Waals surface area contributed by atoms with E-state index in [-0.39, 0.29) is 12.3 Å². The topological polar surface area (TPSA) is 88.4 Å². The highest BCUT2D eigenvalue weighted by Gasteiger charge is 2.13. The van der Waals surface area contributed by atoms with Crippen LogP contribution in [0.2, 0.25) is 0 Å². The molecule has 6 nitrogen and oxygen atoms in total. The number of nitrogens with zero attached hydrogens (tertiary/aromatic N) is 1. The van der Waals surface area contributed by atoms with E-state index < -0.39 is 12.0 Å². The molecule has 1 aromatic heterocycles. The van der Waals surface area contributed by atoms with E-state index in [4.69, 9.17) is 5.11 Å². The first kappa shape index (κ1) is 13.0. The minimum atomic E-state index is -1.08. The summed E-state index contributed by atoms with van der Waals surface area (Å²) in [6.45, 7) is 1.74. The van der Waals surface area contributed by atoms with E-state index in [0.29, 0.717) is 18.5 Å². The lowest BCUT2D eigenvalue weighted by Gasteiger charge is -2.10. The maximum atomic E-state index is 11.4. The Morgan fingerprint density at radius 3 is 2.88 bits per heavy atom. The van der Waals surface area contributed by atoms with Gasteiger partial charge in [0.1, 0.15) is 6.04 Å². The third-order valence-corrected chi connectivity index (χ3v) is 2.31. The summed E-state index contributed by atoms with van der Waals surface area (Å²) in [6, 6.07) is 2.45. The Morgan fingerprint density at radius 2 is 2.29 bits per heavy atom. The van der Waals surface area contributed by atoms with Gasteiger partial charge in [-0.2, -0.15) is 0 Å². The standard InChI is InChI=1S/C11H14N2O4/c1-8(11(16)17)12-10(15)4-6-13-5-2-3-9(13)7-14/h2-3,5,7-8H,4,6H2,1H3,(H,12,15)(H,16,17). The highest BCUT2D eigenvalue weighted by molar-refractivity contribution is 5.83. The van der Waals surface area contributed by atoms with E-state index in [0.717, 1.165) is 0 Å². The maximum Gasteiger partial charge on any atom is 0.325 e. The molecular weight excluding hydrogens is 224 g/mol. The maximum absolute atomic E-state index is 11.4. The number of carboxylic acids is 1. The first-order valence-corrected chi connectivity index (χ1v) is 5.17. The second-order valence-electron chi connectivity index (χ2n) is 3.62. The molecule has 1 atom stereocenters. The van der Waals surface area contributed by atoms with Crippen LogP contribution in [0.1, 0.15) is 23.8 Å². The Balaban J connectivity index is 2.43. The van der Waals surface area contributed by atoms with Gasteiger partial charge in [-0.05, 0) is 19.1 Å². The third kappa shape index (κ3) is 3.75. The highest BCUT2D eigenvalue weighted by Crippen LogP contribution is 2.00. The number of amides is 1. The first-order valence-electron chi connectivity index (χ1n) is 5.17. The van der Waals surface area contributed by atoms with Crippen LogP contribution in [0.25, 0.3) is 0 Å². The van der Waals surface area contributed by atoms with Crippen molar-refractivity contribution >= 4 is 18.2 Å². The number of hydrogen-bond acceptors (Lipinski definition) is 3. The van der Waals surface area contributed by atoms with Crippen LogP contribution < -0.4 is 5.32 Å². The molecule has 1 unspecified atom stereocenters. The van der Waals surface area contributed by atoms with Gasteiger partial charge < -0.3 is 15.0 Å². The number of rotatable bonds is 6. The Bertz CT molecular complexity index is 425. The quantitative estimate of drug-likeness (QED) is 0.697. The second kappa shape index (κ2) is 5.83. The van der Waals surface area contributed by atoms with Crippen LogP contribution in [0.3, 0.4) is 0 Å². The fraction of sp³-hybridized carbons (Fsp3) is 0.364. The van der Waals surface area contributed by atoms with Crippen LogP contribution in [-0.2, 0) is 16.1 Å². The molecule has 0 saturated heterocycles. The van der Waals surface area contributed by atoms with Gasteiger partial charge in [0.2, 0.25) is 5.91 Å². The van der Waals surface area contributed by atoms with Gasteiger partial charge in [-0.25, -0.2) is 0 Å². The zero-order valence-corrected chi connectivity index (χ0v) is 9.42. The van der Waals surface area contributed by atoms with Crippen molar-refractivity contribution < 1.29 is 19.5 Å². The molecule has 0 aromatic carbocycles. The van der Waals surface area contributed by atoms with E-state index in [9.17, 15) is 14.4 Å². The number of aldehydes is 1. The second-order valence-corrected chi connectivity index (χ2v) is 3.62. The average Bonchev–Trinajstić information content (AvgIpc) is 2.73. The Hall–Kier alpha value is -2.11. The molecular formula is C11H14N2O4. The molecule has 17 heavy (non-hydrogen) atoms. The minimum Gasteiger partial charge on any atom is -0.480 e. The Labute approximate surface area is 98.2 Å². The van der Waals surface area contributed by atoms with Gasteiger partial charge in [0.15, 0.2) is 6.29 Å². The molecule has 6 heteroatoms. The predicted octanol–water partition coefficient (Wildman–Crippen LogP) is 0.280. The molecule has 2 N–H and O–H groups in total. The fourth-order valence-corrected chi connectivity index (χ4v) is 1.34. The number of aryl methyl sites for hydroxylation is 1. The van der Waals surface area contributed by atoms with Gasteiger partial charge in [-0.1, -0.05) is 0 Å². The van der Waals surface area contributed by atoms with Gasteiger partial charge >= 0.3 is 5.97 Å². The van der Waals surface area contributed by atoms with Gasteiger partial charge in [0, 0.05) is 19.2 Å². The number of aliphatic carboxylic acids is 1. The third-order valence-electron chi connectivity index (χ3n) is 2.31. The number of carbonyl (C=O) groups is 3. The summed E-state index contributed by atoms with van der Waals surface area (Å²) < 4.78 is 1.64. The number of hydrogen-bond donors (Lipinski definition) is 2. The number of aromatic nitrogens is 1. The van der Waals surface area contributed by atoms with E-state index in [1.165, 1.54) is 6.92 Å². The molecule has 1 amide bonds. The van der Waals surface area contributed by atoms with Crippen molar-refractivity contribution in [1.82, 2.24) is 9.88 Å². The van der Waals surface area contributed by atoms with Crippen LogP contribution >= 0.6 is 0 Å². The van der Waals surface area contributed by atoms with E-state index in [2.05, 4.69) is 5.32 Å². The van der Waals surface area contributed by atoms with Crippen molar-refractivity contribution in [2.45, 2.75) is 25.9 Å². The summed E-state index contributed by atoms with van der Waals surface area (Å²) in [4.78, 5) is 32.5. The molecule has 0 aliphatic rings. The van der Waals surface area contributed by atoms with Crippen molar-refractivity contribution in [3.63, 3.8) is 0 Å². The predicted molar refractivity (Wildman–Crippen MR) is 59.7 cm³/mol. The number of carbonyl (C=O) groups excluding carboxylic acids is 2. The van der Waals surface area contributed by atoms with Crippen molar-refractivity contribution in [3.05, 3.63) is 24.0 Å².